The fraction of sp³-hybridized carbons (Fsp3) is 0.500. The Morgan fingerprint density at radius 1 is 0.389 bits per heavy atom. The Hall–Kier alpha value is -1.77. The zero-order valence-corrected chi connectivity index (χ0v) is 19.9. The molecule has 2 saturated carbocycles. The van der Waals surface area contributed by atoms with Crippen molar-refractivity contribution < 1.29 is 43.9 Å². The van der Waals surface area contributed by atoms with Gasteiger partial charge in [0.2, 0.25) is 0 Å². The minimum Gasteiger partial charge on any atom is -0.204 e. The third-order valence-electron chi connectivity index (χ3n) is 7.33. The van der Waals surface area contributed by atoms with Crippen molar-refractivity contribution >= 4 is 25.2 Å². The maximum atomic E-state index is 15.2. The lowest BCUT2D eigenvalue weighted by Gasteiger charge is -2.42. The molecule has 2 aromatic rings. The van der Waals surface area contributed by atoms with Gasteiger partial charge in [0.25, 0.3) is 6.43 Å². The number of benzene rings is 2. The molecular weight excluding hydrogens is 520 g/mol. The number of hydrogen-bond donors (Lipinski definition) is 0. The summed E-state index contributed by atoms with van der Waals surface area (Å²) in [6.45, 7) is 0. The molecule has 2 fully saturated rings. The molecule has 12 heteroatoms. The molecule has 0 amide bonds. The molecule has 0 heterocycles. The summed E-state index contributed by atoms with van der Waals surface area (Å²) in [5, 5.41) is 0. The Morgan fingerprint density at radius 3 is 0.917 bits per heavy atom. The highest BCUT2D eigenvalue weighted by Crippen LogP contribution is 2.57. The van der Waals surface area contributed by atoms with Gasteiger partial charge in [-0.05, 0) is 37.0 Å². The van der Waals surface area contributed by atoms with Crippen LogP contribution in [0.3, 0.4) is 0 Å². The van der Waals surface area contributed by atoms with Gasteiger partial charge in [-0.1, -0.05) is 38.5 Å². The molecule has 0 unspecified atom stereocenters. The summed E-state index contributed by atoms with van der Waals surface area (Å²) in [6.07, 6.45) is 3.93. The van der Waals surface area contributed by atoms with E-state index in [1.165, 1.54) is 0 Å². The van der Waals surface area contributed by atoms with E-state index in [-0.39, 0.29) is 0 Å². The van der Waals surface area contributed by atoms with Crippen LogP contribution in [0.1, 0.15) is 64.2 Å². The second-order valence-corrected chi connectivity index (χ2v) is 12.3. The van der Waals surface area contributed by atoms with Gasteiger partial charge in [0.15, 0.2) is 58.2 Å². The van der Waals surface area contributed by atoms with Crippen LogP contribution in [0.25, 0.3) is 0 Å². The summed E-state index contributed by atoms with van der Waals surface area (Å²) in [4.78, 5) is 0. The maximum Gasteiger partial charge on any atom is 0.253 e. The van der Waals surface area contributed by atoms with Crippen LogP contribution in [-0.4, -0.2) is 17.8 Å². The average molecular weight is 542 g/mol. The molecule has 2 aliphatic carbocycles. The third kappa shape index (κ3) is 4.65. The Morgan fingerprint density at radius 2 is 0.639 bits per heavy atom. The van der Waals surface area contributed by atoms with E-state index in [4.69, 9.17) is 0 Å². The topological polar surface area (TPSA) is 0 Å². The lowest BCUT2D eigenvalue weighted by molar-refractivity contribution is 0.382. The lowest BCUT2D eigenvalue weighted by atomic mass is 9.60. The van der Waals surface area contributed by atoms with Gasteiger partial charge in [-0.3, -0.25) is 0 Å². The van der Waals surface area contributed by atoms with Crippen LogP contribution in [0.4, 0.5) is 43.9 Å². The van der Waals surface area contributed by atoms with Crippen molar-refractivity contribution in [1.82, 2.24) is 0 Å². The Bertz CT molecular complexity index is 999. The van der Waals surface area contributed by atoms with Gasteiger partial charge in [0, 0.05) is 10.9 Å². The molecule has 196 valence electrons. The van der Waals surface area contributed by atoms with Crippen LogP contribution in [0.15, 0.2) is 0 Å². The first-order valence-electron chi connectivity index (χ1n) is 11.9. The fourth-order valence-electron chi connectivity index (χ4n) is 5.64. The summed E-state index contributed by atoms with van der Waals surface area (Å²) in [7, 11) is -2.02. The third-order valence-corrected chi connectivity index (χ3v) is 11.2. The molecule has 0 radical (unpaired) electrons. The largest absolute Gasteiger partial charge is 0.253 e. The van der Waals surface area contributed by atoms with Crippen molar-refractivity contribution in [2.24, 2.45) is 0 Å². The second kappa shape index (κ2) is 10.9. The average Bonchev–Trinajstić information content (AvgIpc) is 2.90. The molecule has 2 aromatic carbocycles. The van der Waals surface area contributed by atoms with Crippen molar-refractivity contribution in [3.8, 4) is 0 Å². The summed E-state index contributed by atoms with van der Waals surface area (Å²) >= 11 is 0. The molecule has 0 saturated heterocycles. The van der Waals surface area contributed by atoms with Gasteiger partial charge in [-0.2, -0.15) is 0 Å². The highest BCUT2D eigenvalue weighted by molar-refractivity contribution is 7.95. The van der Waals surface area contributed by atoms with Crippen LogP contribution in [0.5, 0.6) is 0 Å². The van der Waals surface area contributed by atoms with E-state index >= 15 is 17.6 Å². The highest BCUT2D eigenvalue weighted by Gasteiger charge is 2.48. The SMILES string of the molecule is Fc1c(F)c(F)c(B(c2c(F)c(F)c(F)c(F)c2F)P(C2CCCCC2)C2CCCCC2)c(F)c1F. The number of hydrogen-bond acceptors (Lipinski definition) is 0. The highest BCUT2D eigenvalue weighted by atomic mass is 31.1. The van der Waals surface area contributed by atoms with E-state index in [9.17, 15) is 26.3 Å². The van der Waals surface area contributed by atoms with Crippen LogP contribution in [0.2, 0.25) is 0 Å². The van der Waals surface area contributed by atoms with E-state index in [0.29, 0.717) is 51.4 Å². The van der Waals surface area contributed by atoms with Crippen molar-refractivity contribution in [1.29, 1.82) is 0 Å². The lowest BCUT2D eigenvalue weighted by Crippen LogP contribution is -2.52. The Kier molecular flexibility index (Phi) is 8.27. The Balaban J connectivity index is 2.08. The molecule has 0 spiro atoms. The summed E-state index contributed by atoms with van der Waals surface area (Å²) < 4.78 is 146. The van der Waals surface area contributed by atoms with Crippen LogP contribution < -0.4 is 10.9 Å². The zero-order chi connectivity index (χ0) is 26.3. The first-order valence-corrected chi connectivity index (χ1v) is 13.4. The predicted molar refractivity (Wildman–Crippen MR) is 118 cm³/mol. The van der Waals surface area contributed by atoms with Crippen molar-refractivity contribution in [3.63, 3.8) is 0 Å². The molecule has 0 atom stereocenters. The fourth-order valence-corrected chi connectivity index (χ4v) is 10.1. The van der Waals surface area contributed by atoms with Gasteiger partial charge in [0.05, 0.1) is 0 Å². The van der Waals surface area contributed by atoms with E-state index < -0.39 is 94.6 Å². The molecule has 0 aromatic heterocycles. The van der Waals surface area contributed by atoms with Gasteiger partial charge in [0.1, 0.15) is 0 Å². The molecule has 0 bridgehead atoms. The molecule has 0 N–H and O–H groups in total. The normalized spacial score (nSPS) is 17.8. The monoisotopic (exact) mass is 542 g/mol. The first-order chi connectivity index (χ1) is 17.1. The number of halogens is 10. The summed E-state index contributed by atoms with van der Waals surface area (Å²) in [5.74, 6) is -23.5. The molecule has 0 aliphatic heterocycles. The van der Waals surface area contributed by atoms with Gasteiger partial charge < -0.3 is 0 Å². The van der Waals surface area contributed by atoms with Gasteiger partial charge >= 0.3 is 0 Å². The van der Waals surface area contributed by atoms with Gasteiger partial charge in [-0.25, -0.2) is 43.9 Å². The van der Waals surface area contributed by atoms with Crippen molar-refractivity contribution in [2.75, 3.05) is 0 Å². The summed E-state index contributed by atoms with van der Waals surface area (Å²) in [5.41, 5.74) is -3.88. The zero-order valence-electron chi connectivity index (χ0n) is 19.0. The smallest absolute Gasteiger partial charge is 0.204 e. The van der Waals surface area contributed by atoms with Crippen LogP contribution in [-0.2, 0) is 0 Å². The molecule has 0 nitrogen and oxygen atoms in total. The molecule has 2 aliphatic rings. The van der Waals surface area contributed by atoms with Crippen LogP contribution >= 0.6 is 7.80 Å². The minimum atomic E-state index is -2.47. The first kappa shape index (κ1) is 27.3. The van der Waals surface area contributed by atoms with Crippen molar-refractivity contribution in [2.45, 2.75) is 75.5 Å². The van der Waals surface area contributed by atoms with Crippen molar-refractivity contribution in [3.05, 3.63) is 58.2 Å². The minimum absolute atomic E-state index is 0.410. The Labute approximate surface area is 203 Å². The molecule has 36 heavy (non-hydrogen) atoms. The second-order valence-electron chi connectivity index (χ2n) is 9.40. The predicted octanol–water partition coefficient (Wildman–Crippen LogP) is 7.33. The van der Waals surface area contributed by atoms with E-state index in [1.807, 2.05) is 0 Å². The summed E-state index contributed by atoms with van der Waals surface area (Å²) in [6, 6.07) is 0. The number of rotatable bonds is 5. The van der Waals surface area contributed by atoms with Crippen LogP contribution in [0, 0.1) is 58.2 Å². The maximum absolute atomic E-state index is 15.2. The molecular formula is C24H22BF10P. The van der Waals surface area contributed by atoms with Gasteiger partial charge in [-0.15, -0.1) is 7.80 Å². The van der Waals surface area contributed by atoms with E-state index in [2.05, 4.69) is 0 Å². The molecule has 4 rings (SSSR count). The standard InChI is InChI=1S/C24H22BF10P/c26-15-13(16(27)20(31)23(34)19(15)30)25(14-17(28)21(32)24(35)22(33)18(14)29)36(11-7-3-1-4-8-11)12-9-5-2-6-10-12/h11-12H,1-10H2. The van der Waals surface area contributed by atoms with E-state index in [0.717, 1.165) is 12.8 Å². The quantitative estimate of drug-likeness (QED) is 0.122. The van der Waals surface area contributed by atoms with E-state index in [1.54, 1.807) is 0 Å².